The first-order valence-corrected chi connectivity index (χ1v) is 22.0. The molecule has 4 aliphatic heterocycles. The highest BCUT2D eigenvalue weighted by atomic mass is 16.7. The lowest BCUT2D eigenvalue weighted by atomic mass is 9.84. The molecule has 3 N–H and O–H groups in total. The third kappa shape index (κ3) is 8.89. The van der Waals surface area contributed by atoms with Gasteiger partial charge in [-0.15, -0.1) is 0 Å². The minimum absolute atomic E-state index is 0.0143. The van der Waals surface area contributed by atoms with Gasteiger partial charge in [0.1, 0.15) is 18.2 Å². The SMILES string of the molecule is CC1C(CN2CCC3(CC2)C(=O)NCN3c2ccccc2)OC(c2ccc(-c3ccccc3CN3C(=O)CC(NC(=O)OCc4ccccc4)C3=O)cc2)OC1c1ccc(CO)cc1. The molecule has 0 aliphatic carbocycles. The molecule has 13 nitrogen and oxygen atoms in total. The van der Waals surface area contributed by atoms with E-state index in [1.807, 2.05) is 121 Å². The van der Waals surface area contributed by atoms with Crippen molar-refractivity contribution in [1.29, 1.82) is 0 Å². The second-order valence-corrected chi connectivity index (χ2v) is 17.1. The number of likely N-dealkylation sites (tertiary alicyclic amines) is 2. The van der Waals surface area contributed by atoms with Gasteiger partial charge in [-0.2, -0.15) is 0 Å². The van der Waals surface area contributed by atoms with Crippen LogP contribution in [0.5, 0.6) is 0 Å². The lowest BCUT2D eigenvalue weighted by molar-refractivity contribution is -0.276. The highest BCUT2D eigenvalue weighted by Gasteiger charge is 2.51. The Hall–Kier alpha value is -6.38. The predicted octanol–water partition coefficient (Wildman–Crippen LogP) is 6.62. The smallest absolute Gasteiger partial charge is 0.408 e. The van der Waals surface area contributed by atoms with Crippen LogP contribution in [0.3, 0.4) is 0 Å². The highest BCUT2D eigenvalue weighted by molar-refractivity contribution is 6.06. The molecule has 4 amide bonds. The van der Waals surface area contributed by atoms with Crippen molar-refractivity contribution in [2.24, 2.45) is 5.92 Å². The summed E-state index contributed by atoms with van der Waals surface area (Å²) in [4.78, 5) is 58.4. The van der Waals surface area contributed by atoms with Gasteiger partial charge in [0.2, 0.25) is 11.8 Å². The van der Waals surface area contributed by atoms with Gasteiger partial charge >= 0.3 is 6.09 Å². The Labute approximate surface area is 372 Å². The number of alkyl carbamates (subject to hydrolysis) is 1. The van der Waals surface area contributed by atoms with Crippen molar-refractivity contribution < 1.29 is 38.5 Å². The van der Waals surface area contributed by atoms with E-state index in [1.54, 1.807) is 0 Å². The van der Waals surface area contributed by atoms with Crippen molar-refractivity contribution in [2.75, 3.05) is 31.2 Å². The first-order valence-electron chi connectivity index (χ1n) is 22.0. The summed E-state index contributed by atoms with van der Waals surface area (Å²) in [7, 11) is 0. The van der Waals surface area contributed by atoms with E-state index in [1.165, 1.54) is 4.90 Å². The largest absolute Gasteiger partial charge is 0.445 e. The maximum atomic E-state index is 13.4. The Balaban J connectivity index is 0.886. The Morgan fingerprint density at radius 1 is 0.812 bits per heavy atom. The monoisotopic (exact) mass is 863 g/mol. The molecule has 0 saturated carbocycles. The summed E-state index contributed by atoms with van der Waals surface area (Å²) >= 11 is 0. The predicted molar refractivity (Wildman–Crippen MR) is 239 cm³/mol. The summed E-state index contributed by atoms with van der Waals surface area (Å²) in [6.07, 6.45) is -0.672. The molecule has 0 bridgehead atoms. The van der Waals surface area contributed by atoms with Gasteiger partial charge in [0.15, 0.2) is 6.29 Å². The van der Waals surface area contributed by atoms with E-state index in [0.717, 1.165) is 57.7 Å². The molecule has 5 aromatic carbocycles. The van der Waals surface area contributed by atoms with Gasteiger partial charge in [-0.1, -0.05) is 128 Å². The minimum atomic E-state index is -1.01. The number of carbonyl (C=O) groups is 4. The molecule has 0 radical (unpaired) electrons. The topological polar surface area (TPSA) is 150 Å². The molecule has 5 aromatic rings. The van der Waals surface area contributed by atoms with Crippen LogP contribution in [0.2, 0.25) is 0 Å². The lowest BCUT2D eigenvalue weighted by Gasteiger charge is -2.46. The van der Waals surface area contributed by atoms with Gasteiger partial charge in [-0.3, -0.25) is 19.3 Å². The fourth-order valence-electron chi connectivity index (χ4n) is 9.52. The number of amides is 4. The van der Waals surface area contributed by atoms with E-state index >= 15 is 0 Å². The van der Waals surface area contributed by atoms with Gasteiger partial charge < -0.3 is 39.8 Å². The fraction of sp³-hybridized carbons (Fsp3) is 0.333. The van der Waals surface area contributed by atoms with Crippen LogP contribution in [0, 0.1) is 5.92 Å². The second kappa shape index (κ2) is 18.8. The van der Waals surface area contributed by atoms with Crippen LogP contribution in [0.1, 0.15) is 66.4 Å². The summed E-state index contributed by atoms with van der Waals surface area (Å²) < 4.78 is 18.9. The van der Waals surface area contributed by atoms with Crippen molar-refractivity contribution in [3.05, 3.63) is 161 Å². The number of ether oxygens (including phenoxy) is 3. The number of aliphatic hydroxyl groups is 1. The Morgan fingerprint density at radius 3 is 2.20 bits per heavy atom. The molecule has 5 unspecified atom stereocenters. The van der Waals surface area contributed by atoms with Gasteiger partial charge in [0.05, 0.1) is 38.4 Å². The van der Waals surface area contributed by atoms with Gasteiger partial charge in [0.25, 0.3) is 5.91 Å². The Kier molecular flexibility index (Phi) is 12.6. The lowest BCUT2D eigenvalue weighted by Crippen LogP contribution is -2.57. The standard InChI is InChI=1S/C51H53N5O8/c1-34-44(30-54-26-24-51(25-27-54)49(60)52-33-56(51)41-13-6-3-7-14-41)63-48(64-46(34)38-18-16-35(31-57)17-19-38)39-22-20-37(21-23-39)42-15-9-8-12-40(42)29-55-45(58)28-43(47(55)59)53-50(61)62-32-36-10-4-2-5-11-36/h2-23,34,43-44,46,48,57H,24-33H2,1H3,(H,52,60)(H,53,61). The molecule has 5 atom stereocenters. The van der Waals surface area contributed by atoms with Crippen molar-refractivity contribution in [2.45, 2.75) is 76.0 Å². The molecular formula is C51H53N5O8. The summed E-state index contributed by atoms with van der Waals surface area (Å²) in [6.45, 7) is 4.85. The van der Waals surface area contributed by atoms with E-state index < -0.39 is 29.9 Å². The number of para-hydroxylation sites is 1. The number of carbonyl (C=O) groups excluding carboxylic acids is 4. The maximum Gasteiger partial charge on any atom is 0.408 e. The first-order chi connectivity index (χ1) is 31.2. The molecule has 4 aliphatic rings. The molecule has 64 heavy (non-hydrogen) atoms. The van der Waals surface area contributed by atoms with Crippen LogP contribution in [-0.2, 0) is 48.4 Å². The number of aliphatic hydroxyl groups excluding tert-OH is 1. The third-order valence-electron chi connectivity index (χ3n) is 13.2. The number of imide groups is 1. The first kappa shape index (κ1) is 42.9. The molecule has 4 saturated heterocycles. The van der Waals surface area contributed by atoms with E-state index in [0.29, 0.717) is 26.1 Å². The van der Waals surface area contributed by atoms with E-state index in [4.69, 9.17) is 14.2 Å². The number of rotatable bonds is 12. The summed E-state index contributed by atoms with van der Waals surface area (Å²) in [5.74, 6) is -0.784. The normalized spacial score (nSPS) is 23.3. The zero-order valence-electron chi connectivity index (χ0n) is 35.8. The van der Waals surface area contributed by atoms with E-state index in [-0.39, 0.29) is 56.1 Å². The molecule has 330 valence electrons. The quantitative estimate of drug-likeness (QED) is 0.117. The number of hydrogen-bond acceptors (Lipinski definition) is 10. The maximum absolute atomic E-state index is 13.4. The fourth-order valence-corrected chi connectivity index (χ4v) is 9.52. The molecule has 0 aromatic heterocycles. The highest BCUT2D eigenvalue weighted by Crippen LogP contribution is 2.43. The van der Waals surface area contributed by atoms with Crippen LogP contribution < -0.4 is 15.5 Å². The molecule has 4 heterocycles. The van der Waals surface area contributed by atoms with Gasteiger partial charge in [-0.05, 0) is 58.4 Å². The molecule has 9 rings (SSSR count). The van der Waals surface area contributed by atoms with Crippen molar-refractivity contribution in [3.8, 4) is 11.1 Å². The van der Waals surface area contributed by atoms with Crippen LogP contribution in [0.15, 0.2) is 133 Å². The number of nitrogens with one attached hydrogen (secondary N) is 2. The summed E-state index contributed by atoms with van der Waals surface area (Å²) in [5, 5.41) is 15.4. The average molecular weight is 864 g/mol. The number of benzene rings is 5. The zero-order chi connectivity index (χ0) is 44.2. The van der Waals surface area contributed by atoms with Crippen LogP contribution in [0.25, 0.3) is 11.1 Å². The van der Waals surface area contributed by atoms with Crippen molar-refractivity contribution in [3.63, 3.8) is 0 Å². The molecule has 13 heteroatoms. The van der Waals surface area contributed by atoms with Crippen LogP contribution in [0.4, 0.5) is 10.5 Å². The Morgan fingerprint density at radius 2 is 1.48 bits per heavy atom. The van der Waals surface area contributed by atoms with Crippen LogP contribution >= 0.6 is 0 Å². The van der Waals surface area contributed by atoms with Crippen molar-refractivity contribution in [1.82, 2.24) is 20.4 Å². The molecule has 1 spiro atoms. The summed E-state index contributed by atoms with van der Waals surface area (Å²) in [6, 6.07) is 41.8. The van der Waals surface area contributed by atoms with Crippen LogP contribution in [-0.4, -0.2) is 82.7 Å². The number of hydrogen-bond donors (Lipinski definition) is 3. The zero-order valence-corrected chi connectivity index (χ0v) is 35.8. The van der Waals surface area contributed by atoms with E-state index in [2.05, 4.69) is 39.5 Å². The van der Waals surface area contributed by atoms with Gasteiger partial charge in [-0.25, -0.2) is 4.79 Å². The van der Waals surface area contributed by atoms with E-state index in [9.17, 15) is 24.3 Å². The molecular weight excluding hydrogens is 811 g/mol. The number of nitrogens with zero attached hydrogens (tertiary/aromatic N) is 3. The molecule has 4 fully saturated rings. The number of piperidine rings is 1. The second-order valence-electron chi connectivity index (χ2n) is 17.1. The third-order valence-corrected chi connectivity index (χ3v) is 13.2. The van der Waals surface area contributed by atoms with Crippen molar-refractivity contribution >= 4 is 29.5 Å². The minimum Gasteiger partial charge on any atom is -0.445 e. The van der Waals surface area contributed by atoms with Gasteiger partial charge in [0, 0.05) is 36.8 Å². The summed E-state index contributed by atoms with van der Waals surface area (Å²) in [5.41, 5.74) is 6.45. The average Bonchev–Trinajstić information content (AvgIpc) is 3.79. The number of anilines is 1. The Bertz CT molecular complexity index is 2440.